The van der Waals surface area contributed by atoms with Crippen LogP contribution in [0.3, 0.4) is 0 Å². The van der Waals surface area contributed by atoms with Crippen molar-refractivity contribution in [2.45, 2.75) is 43.9 Å². The summed E-state index contributed by atoms with van der Waals surface area (Å²) in [6, 6.07) is 4.81. The largest absolute Gasteiger partial charge is 0.270 e. The molecule has 5 heteroatoms. The first-order valence-electron chi connectivity index (χ1n) is 7.08. The molecule has 1 saturated carbocycles. The highest BCUT2D eigenvalue weighted by atomic mass is 79.9. The van der Waals surface area contributed by atoms with Gasteiger partial charge in [-0.2, -0.15) is 0 Å². The van der Waals surface area contributed by atoms with Gasteiger partial charge in [-0.25, -0.2) is 0 Å². The van der Waals surface area contributed by atoms with Crippen molar-refractivity contribution in [2.75, 3.05) is 0 Å². The van der Waals surface area contributed by atoms with Crippen LogP contribution in [0.2, 0.25) is 5.02 Å². The molecule has 0 radical (unpaired) electrons. The number of nitro groups is 1. The zero-order valence-corrected chi connectivity index (χ0v) is 13.9. The zero-order chi connectivity index (χ0) is 14.7. The average Bonchev–Trinajstić information content (AvgIpc) is 2.43. The number of halogens is 2. The third kappa shape index (κ3) is 3.73. The van der Waals surface area contributed by atoms with Gasteiger partial charge >= 0.3 is 0 Å². The summed E-state index contributed by atoms with van der Waals surface area (Å²) in [5.74, 6) is 1.36. The van der Waals surface area contributed by atoms with Gasteiger partial charge in [0.2, 0.25) is 0 Å². The predicted octanol–water partition coefficient (Wildman–Crippen LogP) is 5.38. The van der Waals surface area contributed by atoms with Gasteiger partial charge in [0, 0.05) is 17.0 Å². The maximum absolute atomic E-state index is 10.7. The lowest BCUT2D eigenvalue weighted by Gasteiger charge is -2.33. The Kier molecular flexibility index (Phi) is 5.44. The third-order valence-corrected chi connectivity index (χ3v) is 5.86. The van der Waals surface area contributed by atoms with Crippen molar-refractivity contribution in [3.05, 3.63) is 38.9 Å². The van der Waals surface area contributed by atoms with Crippen LogP contribution in [-0.4, -0.2) is 9.75 Å². The van der Waals surface area contributed by atoms with Crippen LogP contribution >= 0.6 is 27.5 Å². The molecule has 3 atom stereocenters. The van der Waals surface area contributed by atoms with Crippen LogP contribution in [0, 0.1) is 22.0 Å². The molecule has 0 N–H and O–H groups in total. The fraction of sp³-hybridized carbons (Fsp3) is 0.600. The number of hydrogen-bond acceptors (Lipinski definition) is 2. The number of nitro benzene ring substituents is 1. The topological polar surface area (TPSA) is 43.1 Å². The minimum absolute atomic E-state index is 0.0595. The molecular weight excluding hydrogens is 342 g/mol. The molecule has 3 nitrogen and oxygen atoms in total. The van der Waals surface area contributed by atoms with Gasteiger partial charge in [0.25, 0.3) is 5.69 Å². The van der Waals surface area contributed by atoms with E-state index < -0.39 is 4.92 Å². The SMILES string of the molecule is CCC1CCC(Br)C(Cc2ccc([N+](=O)[O-])cc2Cl)C1. The second-order valence-corrected chi connectivity index (χ2v) is 7.18. The molecule has 0 amide bonds. The minimum Gasteiger partial charge on any atom is -0.258 e. The monoisotopic (exact) mass is 359 g/mol. The summed E-state index contributed by atoms with van der Waals surface area (Å²) < 4.78 is 0. The van der Waals surface area contributed by atoms with Crippen molar-refractivity contribution in [3.63, 3.8) is 0 Å². The molecule has 1 aromatic rings. The van der Waals surface area contributed by atoms with Gasteiger partial charge in [-0.3, -0.25) is 10.1 Å². The van der Waals surface area contributed by atoms with Crippen LogP contribution in [-0.2, 0) is 6.42 Å². The van der Waals surface area contributed by atoms with E-state index in [2.05, 4.69) is 22.9 Å². The number of alkyl halides is 1. The molecule has 0 bridgehead atoms. The second-order valence-electron chi connectivity index (χ2n) is 5.60. The predicted molar refractivity (Wildman–Crippen MR) is 85.6 cm³/mol. The van der Waals surface area contributed by atoms with Gasteiger partial charge in [-0.05, 0) is 43.1 Å². The second kappa shape index (κ2) is 6.90. The molecule has 0 aliphatic heterocycles. The Morgan fingerprint density at radius 2 is 2.20 bits per heavy atom. The van der Waals surface area contributed by atoms with Crippen molar-refractivity contribution in [1.29, 1.82) is 0 Å². The standard InChI is InChI=1S/C15H19BrClNO2/c1-2-10-3-6-14(16)12(7-10)8-11-4-5-13(18(19)20)9-15(11)17/h4-5,9-10,12,14H,2-3,6-8H2,1H3. The molecule has 1 aromatic carbocycles. The quantitative estimate of drug-likeness (QED) is 0.411. The fourth-order valence-corrected chi connectivity index (χ4v) is 3.92. The molecule has 1 fully saturated rings. The van der Waals surface area contributed by atoms with Crippen LogP contribution in [0.15, 0.2) is 18.2 Å². The van der Waals surface area contributed by atoms with Crippen LogP contribution in [0.4, 0.5) is 5.69 Å². The maximum atomic E-state index is 10.7. The summed E-state index contributed by atoms with van der Waals surface area (Å²) in [6.45, 7) is 2.25. The Bertz CT molecular complexity index is 495. The Labute approximate surface area is 133 Å². The summed E-state index contributed by atoms with van der Waals surface area (Å²) in [7, 11) is 0. The molecule has 3 unspecified atom stereocenters. The highest BCUT2D eigenvalue weighted by molar-refractivity contribution is 9.09. The lowest BCUT2D eigenvalue weighted by Crippen LogP contribution is -2.26. The average molecular weight is 361 g/mol. The molecule has 0 aromatic heterocycles. The number of nitrogens with zero attached hydrogens (tertiary/aromatic N) is 1. The van der Waals surface area contributed by atoms with Crippen molar-refractivity contribution in [2.24, 2.45) is 11.8 Å². The van der Waals surface area contributed by atoms with Gasteiger partial charge in [0.15, 0.2) is 0 Å². The van der Waals surface area contributed by atoms with Crippen LogP contribution < -0.4 is 0 Å². The summed E-state index contributed by atoms with van der Waals surface area (Å²) in [4.78, 5) is 10.8. The molecule has 20 heavy (non-hydrogen) atoms. The summed E-state index contributed by atoms with van der Waals surface area (Å²) in [5, 5.41) is 11.2. The van der Waals surface area contributed by atoms with Gasteiger partial charge in [-0.15, -0.1) is 0 Å². The van der Waals surface area contributed by atoms with Crippen LogP contribution in [0.1, 0.15) is 38.2 Å². The van der Waals surface area contributed by atoms with Gasteiger partial charge < -0.3 is 0 Å². The van der Waals surface area contributed by atoms with Crippen molar-refractivity contribution in [3.8, 4) is 0 Å². The van der Waals surface area contributed by atoms with Crippen LogP contribution in [0.25, 0.3) is 0 Å². The number of benzene rings is 1. The highest BCUT2D eigenvalue weighted by Gasteiger charge is 2.28. The van der Waals surface area contributed by atoms with E-state index in [1.807, 2.05) is 0 Å². The number of rotatable bonds is 4. The number of non-ortho nitro benzene ring substituents is 1. The van der Waals surface area contributed by atoms with E-state index in [1.165, 1.54) is 31.7 Å². The molecule has 1 aliphatic carbocycles. The van der Waals surface area contributed by atoms with E-state index >= 15 is 0 Å². The minimum atomic E-state index is -0.406. The van der Waals surface area contributed by atoms with E-state index in [0.717, 1.165) is 17.9 Å². The Balaban J connectivity index is 2.10. The fourth-order valence-electron chi connectivity index (χ4n) is 3.00. The normalized spacial score (nSPS) is 26.4. The highest BCUT2D eigenvalue weighted by Crippen LogP contribution is 2.38. The van der Waals surface area contributed by atoms with E-state index in [9.17, 15) is 10.1 Å². The summed E-state index contributed by atoms with van der Waals surface area (Å²) >= 11 is 9.97. The molecule has 2 rings (SSSR count). The zero-order valence-electron chi connectivity index (χ0n) is 11.5. The van der Waals surface area contributed by atoms with E-state index in [1.54, 1.807) is 12.1 Å². The maximum Gasteiger partial charge on any atom is 0.270 e. The van der Waals surface area contributed by atoms with E-state index in [0.29, 0.717) is 15.8 Å². The molecule has 0 spiro atoms. The Morgan fingerprint density at radius 1 is 1.45 bits per heavy atom. The lowest BCUT2D eigenvalue weighted by atomic mass is 9.77. The van der Waals surface area contributed by atoms with E-state index in [4.69, 9.17) is 11.6 Å². The molecular formula is C15H19BrClNO2. The van der Waals surface area contributed by atoms with Crippen molar-refractivity contribution >= 4 is 33.2 Å². The van der Waals surface area contributed by atoms with Crippen molar-refractivity contribution < 1.29 is 4.92 Å². The van der Waals surface area contributed by atoms with Gasteiger partial charge in [0.05, 0.1) is 9.95 Å². The summed E-state index contributed by atoms with van der Waals surface area (Å²) in [6.07, 6.45) is 5.82. The first-order chi connectivity index (χ1) is 9.51. The molecule has 110 valence electrons. The van der Waals surface area contributed by atoms with Gasteiger partial charge in [0.1, 0.15) is 0 Å². The molecule has 1 aliphatic rings. The Hall–Kier alpha value is -0.610. The summed E-state index contributed by atoms with van der Waals surface area (Å²) in [5.41, 5.74) is 1.08. The van der Waals surface area contributed by atoms with Gasteiger partial charge in [-0.1, -0.05) is 46.9 Å². The Morgan fingerprint density at radius 3 is 2.80 bits per heavy atom. The first kappa shape index (κ1) is 15.8. The first-order valence-corrected chi connectivity index (χ1v) is 8.37. The van der Waals surface area contributed by atoms with E-state index in [-0.39, 0.29) is 5.69 Å². The molecule has 0 saturated heterocycles. The van der Waals surface area contributed by atoms with Crippen LogP contribution in [0.5, 0.6) is 0 Å². The molecule has 0 heterocycles. The number of hydrogen-bond donors (Lipinski definition) is 0. The lowest BCUT2D eigenvalue weighted by molar-refractivity contribution is -0.384. The van der Waals surface area contributed by atoms with Crippen molar-refractivity contribution in [1.82, 2.24) is 0 Å². The smallest absolute Gasteiger partial charge is 0.258 e. The third-order valence-electron chi connectivity index (χ3n) is 4.31.